The normalized spacial score (nSPS) is 12.0. The van der Waals surface area contributed by atoms with Crippen LogP contribution in [0.3, 0.4) is 0 Å². The Balaban J connectivity index is 1.46. The number of allylic oxidation sites excluding steroid dienone is 4. The maximum absolute atomic E-state index is 6.24. The van der Waals surface area contributed by atoms with Crippen LogP contribution in [0.1, 0.15) is 30.5 Å². The van der Waals surface area contributed by atoms with Gasteiger partial charge in [-0.2, -0.15) is 0 Å². The summed E-state index contributed by atoms with van der Waals surface area (Å²) < 4.78 is 0. The molecular weight excluding hydrogens is 486 g/mol. The van der Waals surface area contributed by atoms with Crippen LogP contribution in [0.25, 0.3) is 39.6 Å². The van der Waals surface area contributed by atoms with Gasteiger partial charge in [0.25, 0.3) is 0 Å². The molecule has 1 aromatic heterocycles. The van der Waals surface area contributed by atoms with E-state index < -0.39 is 0 Å². The molecule has 3 nitrogen and oxygen atoms in total. The van der Waals surface area contributed by atoms with E-state index in [0.717, 1.165) is 39.3 Å². The van der Waals surface area contributed by atoms with Gasteiger partial charge in [0.2, 0.25) is 0 Å². The predicted molar refractivity (Wildman–Crippen MR) is 168 cm³/mol. The van der Waals surface area contributed by atoms with E-state index in [2.05, 4.69) is 99.3 Å². The van der Waals surface area contributed by atoms with Gasteiger partial charge in [-0.25, -0.2) is 9.97 Å². The first-order chi connectivity index (χ1) is 19.5. The maximum atomic E-state index is 6.24. The van der Waals surface area contributed by atoms with E-state index in [0.29, 0.717) is 5.82 Å². The van der Waals surface area contributed by atoms with Gasteiger partial charge in [-0.15, -0.1) is 0 Å². The van der Waals surface area contributed by atoms with E-state index in [-0.39, 0.29) is 5.41 Å². The largest absolute Gasteiger partial charge is 0.398 e. The fraction of sp³-hybridized carbons (Fsp3) is 0.0811. The minimum absolute atomic E-state index is 0.194. The molecule has 3 heteroatoms. The van der Waals surface area contributed by atoms with E-state index in [1.54, 1.807) is 6.08 Å². The third kappa shape index (κ3) is 5.84. The van der Waals surface area contributed by atoms with E-state index in [9.17, 15) is 0 Å². The number of aromatic nitrogens is 2. The zero-order valence-electron chi connectivity index (χ0n) is 23.0. The average molecular weight is 520 g/mol. The van der Waals surface area contributed by atoms with Gasteiger partial charge in [-0.05, 0) is 28.8 Å². The number of nitrogens with zero attached hydrogens (tertiary/aromatic N) is 2. The van der Waals surface area contributed by atoms with Crippen molar-refractivity contribution in [3.05, 3.63) is 163 Å². The number of rotatable bonds is 8. The molecule has 4 aromatic carbocycles. The minimum Gasteiger partial charge on any atom is -0.398 e. The molecule has 0 unspecified atom stereocenters. The molecule has 0 aliphatic carbocycles. The van der Waals surface area contributed by atoms with Crippen LogP contribution in [-0.2, 0) is 5.41 Å². The molecule has 0 bridgehead atoms. The first-order valence-electron chi connectivity index (χ1n) is 13.4. The van der Waals surface area contributed by atoms with Gasteiger partial charge in [0.05, 0.1) is 11.4 Å². The van der Waals surface area contributed by atoms with E-state index >= 15 is 0 Å². The minimum atomic E-state index is -0.194. The molecule has 5 aromatic rings. The summed E-state index contributed by atoms with van der Waals surface area (Å²) in [5, 5.41) is 0. The van der Waals surface area contributed by atoms with Crippen molar-refractivity contribution >= 4 is 5.70 Å². The average Bonchev–Trinajstić information content (AvgIpc) is 3.02. The summed E-state index contributed by atoms with van der Waals surface area (Å²) in [7, 11) is 0. The summed E-state index contributed by atoms with van der Waals surface area (Å²) in [5.41, 5.74) is 15.1. The van der Waals surface area contributed by atoms with Gasteiger partial charge in [0.15, 0.2) is 5.82 Å². The number of hydrogen-bond donors (Lipinski definition) is 1. The van der Waals surface area contributed by atoms with Crippen LogP contribution in [0.2, 0.25) is 0 Å². The molecule has 0 aliphatic heterocycles. The molecule has 0 saturated heterocycles. The molecule has 0 spiro atoms. The SMILES string of the molecule is C=C/C=C\C=C(/N)c1ccc(C(C)(C)c2ccc(-c3nc(-c4ccccc4)cc(-c4ccccc4)n3)cc2)cc1. The Morgan fingerprint density at radius 2 is 1.15 bits per heavy atom. The third-order valence-electron chi connectivity index (χ3n) is 7.19. The van der Waals surface area contributed by atoms with Crippen molar-refractivity contribution in [1.29, 1.82) is 0 Å². The topological polar surface area (TPSA) is 51.8 Å². The van der Waals surface area contributed by atoms with Crippen LogP contribution in [0, 0.1) is 0 Å². The second-order valence-electron chi connectivity index (χ2n) is 10.2. The van der Waals surface area contributed by atoms with Crippen LogP contribution in [0.5, 0.6) is 0 Å². The van der Waals surface area contributed by atoms with Crippen LogP contribution >= 0.6 is 0 Å². The van der Waals surface area contributed by atoms with Crippen molar-refractivity contribution in [2.24, 2.45) is 5.73 Å². The summed E-state index contributed by atoms with van der Waals surface area (Å²) in [4.78, 5) is 9.93. The van der Waals surface area contributed by atoms with E-state index in [1.807, 2.05) is 54.6 Å². The standard InChI is InChI=1S/C37H33N3/c1-4-5-8-17-33(38)27-18-22-31(23-19-27)37(2,3)32-24-20-30(21-25-32)36-39-34(28-13-9-6-10-14-28)26-35(40-36)29-15-11-7-12-16-29/h4-26H,1,38H2,2-3H3/b8-5-,33-17-. The molecule has 40 heavy (non-hydrogen) atoms. The molecule has 0 atom stereocenters. The molecule has 0 aliphatic rings. The summed E-state index contributed by atoms with van der Waals surface area (Å²) in [6, 6.07) is 39.6. The third-order valence-corrected chi connectivity index (χ3v) is 7.19. The highest BCUT2D eigenvalue weighted by Crippen LogP contribution is 2.34. The molecule has 0 amide bonds. The lowest BCUT2D eigenvalue weighted by Gasteiger charge is -2.26. The highest BCUT2D eigenvalue weighted by atomic mass is 14.9. The van der Waals surface area contributed by atoms with Gasteiger partial charge >= 0.3 is 0 Å². The Hall–Kier alpha value is -5.02. The van der Waals surface area contributed by atoms with Crippen LogP contribution < -0.4 is 5.73 Å². The molecule has 2 N–H and O–H groups in total. The maximum Gasteiger partial charge on any atom is 0.160 e. The molecule has 5 rings (SSSR count). The Labute approximate surface area is 237 Å². The first kappa shape index (κ1) is 26.6. The smallest absolute Gasteiger partial charge is 0.160 e. The van der Waals surface area contributed by atoms with Gasteiger partial charge in [-0.3, -0.25) is 0 Å². The Kier molecular flexibility index (Phi) is 7.84. The monoisotopic (exact) mass is 519 g/mol. The first-order valence-corrected chi connectivity index (χ1v) is 13.4. The quantitative estimate of drug-likeness (QED) is 0.208. The second kappa shape index (κ2) is 11.8. The predicted octanol–water partition coefficient (Wildman–Crippen LogP) is 8.85. The number of hydrogen-bond acceptors (Lipinski definition) is 3. The Morgan fingerprint density at radius 1 is 0.650 bits per heavy atom. The van der Waals surface area contributed by atoms with Crippen molar-refractivity contribution in [2.75, 3.05) is 0 Å². The fourth-order valence-electron chi connectivity index (χ4n) is 4.71. The number of nitrogens with two attached hydrogens (primary N) is 1. The van der Waals surface area contributed by atoms with Crippen molar-refractivity contribution < 1.29 is 0 Å². The van der Waals surface area contributed by atoms with E-state index in [1.165, 1.54) is 11.1 Å². The van der Waals surface area contributed by atoms with Crippen LogP contribution in [-0.4, -0.2) is 9.97 Å². The van der Waals surface area contributed by atoms with Crippen molar-refractivity contribution in [1.82, 2.24) is 9.97 Å². The fourth-order valence-corrected chi connectivity index (χ4v) is 4.71. The molecule has 0 radical (unpaired) electrons. The molecule has 1 heterocycles. The highest BCUT2D eigenvalue weighted by Gasteiger charge is 2.23. The lowest BCUT2D eigenvalue weighted by Crippen LogP contribution is -2.18. The Morgan fingerprint density at radius 3 is 1.65 bits per heavy atom. The summed E-state index contributed by atoms with van der Waals surface area (Å²) in [5.74, 6) is 0.710. The van der Waals surface area contributed by atoms with Crippen molar-refractivity contribution in [3.8, 4) is 33.9 Å². The van der Waals surface area contributed by atoms with Gasteiger partial charge in [0, 0.05) is 27.8 Å². The lowest BCUT2D eigenvalue weighted by molar-refractivity contribution is 0.641. The lowest BCUT2D eigenvalue weighted by atomic mass is 9.77. The number of benzene rings is 4. The van der Waals surface area contributed by atoms with Crippen LogP contribution in [0.4, 0.5) is 0 Å². The second-order valence-corrected chi connectivity index (χ2v) is 10.2. The van der Waals surface area contributed by atoms with Crippen molar-refractivity contribution in [2.45, 2.75) is 19.3 Å². The zero-order valence-corrected chi connectivity index (χ0v) is 23.0. The summed E-state index contributed by atoms with van der Waals surface area (Å²) in [6.07, 6.45) is 7.37. The Bertz CT molecular complexity index is 1590. The highest BCUT2D eigenvalue weighted by molar-refractivity contribution is 5.72. The summed E-state index contributed by atoms with van der Waals surface area (Å²) in [6.45, 7) is 8.17. The molecule has 0 saturated carbocycles. The molecule has 0 fully saturated rings. The van der Waals surface area contributed by atoms with Gasteiger partial charge in [0.1, 0.15) is 0 Å². The molecular formula is C37H33N3. The van der Waals surface area contributed by atoms with Crippen LogP contribution in [0.15, 0.2) is 146 Å². The zero-order chi connectivity index (χ0) is 28.0. The van der Waals surface area contributed by atoms with Gasteiger partial charge < -0.3 is 5.73 Å². The van der Waals surface area contributed by atoms with Gasteiger partial charge in [-0.1, -0.05) is 148 Å². The van der Waals surface area contributed by atoms with Crippen molar-refractivity contribution in [3.63, 3.8) is 0 Å². The van der Waals surface area contributed by atoms with E-state index in [4.69, 9.17) is 15.7 Å². The molecule has 196 valence electrons. The summed E-state index contributed by atoms with van der Waals surface area (Å²) >= 11 is 0.